The molecule has 0 saturated carbocycles. The minimum absolute atomic E-state index is 0.0738. The number of hydrogen-bond acceptors (Lipinski definition) is 2. The van der Waals surface area contributed by atoms with Crippen LogP contribution in [-0.2, 0) is 4.79 Å². The Labute approximate surface area is 125 Å². The Morgan fingerprint density at radius 2 is 1.86 bits per heavy atom. The number of benzene rings is 2. The number of nitrogens with one attached hydrogen (secondary N) is 1. The van der Waals surface area contributed by atoms with Gasteiger partial charge in [-0.15, -0.1) is 0 Å². The first kappa shape index (κ1) is 15.3. The zero-order valence-electron chi connectivity index (χ0n) is 11.1. The van der Waals surface area contributed by atoms with Crippen molar-refractivity contribution in [1.29, 1.82) is 0 Å². The molecule has 0 bridgehead atoms. The van der Waals surface area contributed by atoms with Crippen molar-refractivity contribution in [2.45, 2.75) is 6.92 Å². The van der Waals surface area contributed by atoms with Gasteiger partial charge >= 0.3 is 0 Å². The van der Waals surface area contributed by atoms with Gasteiger partial charge in [0.1, 0.15) is 17.4 Å². The average Bonchev–Trinajstić information content (AvgIpc) is 2.42. The van der Waals surface area contributed by atoms with Crippen LogP contribution in [0, 0.1) is 18.6 Å². The van der Waals surface area contributed by atoms with Gasteiger partial charge in [-0.05, 0) is 42.8 Å². The zero-order chi connectivity index (χ0) is 15.4. The van der Waals surface area contributed by atoms with E-state index < -0.39 is 17.5 Å². The van der Waals surface area contributed by atoms with E-state index in [0.29, 0.717) is 5.69 Å². The molecule has 0 aliphatic heterocycles. The van der Waals surface area contributed by atoms with E-state index in [1.165, 1.54) is 24.3 Å². The second-order valence-electron chi connectivity index (χ2n) is 4.37. The lowest BCUT2D eigenvalue weighted by atomic mass is 10.2. The van der Waals surface area contributed by atoms with Crippen LogP contribution in [0.1, 0.15) is 5.56 Å². The summed E-state index contributed by atoms with van der Waals surface area (Å²) in [5.41, 5.74) is 1.10. The fourth-order valence-electron chi connectivity index (χ4n) is 1.65. The molecule has 0 aliphatic rings. The zero-order valence-corrected chi connectivity index (χ0v) is 11.9. The van der Waals surface area contributed by atoms with Gasteiger partial charge in [-0.25, -0.2) is 8.78 Å². The molecule has 6 heteroatoms. The number of rotatable bonds is 4. The summed E-state index contributed by atoms with van der Waals surface area (Å²) in [5.74, 6) is -1.21. The molecular formula is C15H12ClF2NO2. The van der Waals surface area contributed by atoms with Crippen molar-refractivity contribution in [2.24, 2.45) is 0 Å². The van der Waals surface area contributed by atoms with Crippen LogP contribution >= 0.6 is 11.6 Å². The molecule has 0 aromatic heterocycles. The minimum atomic E-state index is -0.493. The van der Waals surface area contributed by atoms with Gasteiger partial charge in [-0.2, -0.15) is 0 Å². The molecule has 21 heavy (non-hydrogen) atoms. The van der Waals surface area contributed by atoms with Crippen molar-refractivity contribution >= 4 is 23.2 Å². The first-order valence-electron chi connectivity index (χ1n) is 6.09. The lowest BCUT2D eigenvalue weighted by Crippen LogP contribution is -2.20. The van der Waals surface area contributed by atoms with Crippen LogP contribution < -0.4 is 10.1 Å². The fraction of sp³-hybridized carbons (Fsp3) is 0.133. The standard InChI is InChI=1S/C15H12ClF2NO2/c1-9-2-3-11(18)7-13(9)19-15(20)8-21-14-5-4-10(17)6-12(14)16/h2-7H,8H2,1H3,(H,19,20). The van der Waals surface area contributed by atoms with Crippen LogP contribution in [0.3, 0.4) is 0 Å². The van der Waals surface area contributed by atoms with E-state index in [2.05, 4.69) is 5.32 Å². The van der Waals surface area contributed by atoms with Gasteiger partial charge in [0.15, 0.2) is 6.61 Å². The molecule has 2 aromatic rings. The summed E-state index contributed by atoms with van der Waals surface area (Å²) >= 11 is 5.77. The van der Waals surface area contributed by atoms with E-state index in [1.807, 2.05) is 0 Å². The summed E-state index contributed by atoms with van der Waals surface area (Å²) in [4.78, 5) is 11.8. The Morgan fingerprint density at radius 1 is 1.19 bits per heavy atom. The monoisotopic (exact) mass is 311 g/mol. The number of aryl methyl sites for hydroxylation is 1. The maximum Gasteiger partial charge on any atom is 0.262 e. The molecule has 2 rings (SSSR count). The number of amides is 1. The Morgan fingerprint density at radius 3 is 2.57 bits per heavy atom. The Balaban J connectivity index is 1.97. The number of halogens is 3. The molecule has 0 heterocycles. The van der Waals surface area contributed by atoms with E-state index in [-0.39, 0.29) is 17.4 Å². The second kappa shape index (κ2) is 6.54. The number of ether oxygens (including phenoxy) is 1. The Bertz CT molecular complexity index is 677. The Hall–Kier alpha value is -2.14. The molecular weight excluding hydrogens is 300 g/mol. The van der Waals surface area contributed by atoms with Crippen molar-refractivity contribution < 1.29 is 18.3 Å². The van der Waals surface area contributed by atoms with Crippen molar-refractivity contribution in [3.05, 3.63) is 58.6 Å². The highest BCUT2D eigenvalue weighted by Gasteiger charge is 2.09. The van der Waals surface area contributed by atoms with E-state index in [0.717, 1.165) is 11.6 Å². The highest BCUT2D eigenvalue weighted by Crippen LogP contribution is 2.24. The SMILES string of the molecule is Cc1ccc(F)cc1NC(=O)COc1ccc(F)cc1Cl. The number of carbonyl (C=O) groups excluding carboxylic acids is 1. The predicted octanol–water partition coefficient (Wildman–Crippen LogP) is 3.94. The third kappa shape index (κ3) is 4.16. The lowest BCUT2D eigenvalue weighted by molar-refractivity contribution is -0.118. The van der Waals surface area contributed by atoms with Crippen molar-refractivity contribution in [3.63, 3.8) is 0 Å². The predicted molar refractivity (Wildman–Crippen MR) is 76.7 cm³/mol. The molecule has 0 atom stereocenters. The number of hydrogen-bond donors (Lipinski definition) is 1. The summed E-state index contributed by atoms with van der Waals surface area (Å²) in [6, 6.07) is 7.68. The lowest BCUT2D eigenvalue weighted by Gasteiger charge is -2.10. The van der Waals surface area contributed by atoms with Crippen LogP contribution in [0.5, 0.6) is 5.75 Å². The molecule has 0 saturated heterocycles. The maximum atomic E-state index is 13.1. The number of carbonyl (C=O) groups is 1. The number of anilines is 1. The third-order valence-electron chi connectivity index (χ3n) is 2.73. The summed E-state index contributed by atoms with van der Waals surface area (Å²) in [7, 11) is 0. The molecule has 0 unspecified atom stereocenters. The fourth-order valence-corrected chi connectivity index (χ4v) is 1.87. The van der Waals surface area contributed by atoms with Crippen molar-refractivity contribution in [3.8, 4) is 5.75 Å². The first-order valence-corrected chi connectivity index (χ1v) is 6.47. The third-order valence-corrected chi connectivity index (χ3v) is 3.02. The van der Waals surface area contributed by atoms with Crippen LogP contribution in [0.2, 0.25) is 5.02 Å². The molecule has 0 fully saturated rings. The van der Waals surface area contributed by atoms with Crippen LogP contribution in [0.15, 0.2) is 36.4 Å². The largest absolute Gasteiger partial charge is 0.482 e. The van der Waals surface area contributed by atoms with Gasteiger partial charge in [0.25, 0.3) is 5.91 Å². The smallest absolute Gasteiger partial charge is 0.262 e. The second-order valence-corrected chi connectivity index (χ2v) is 4.78. The summed E-state index contributed by atoms with van der Waals surface area (Å²) < 4.78 is 31.2. The van der Waals surface area contributed by atoms with Crippen LogP contribution in [0.4, 0.5) is 14.5 Å². The molecule has 3 nitrogen and oxygen atoms in total. The van der Waals surface area contributed by atoms with E-state index >= 15 is 0 Å². The highest BCUT2D eigenvalue weighted by atomic mass is 35.5. The topological polar surface area (TPSA) is 38.3 Å². The van der Waals surface area contributed by atoms with Gasteiger partial charge in [-0.3, -0.25) is 4.79 Å². The molecule has 0 radical (unpaired) electrons. The minimum Gasteiger partial charge on any atom is -0.482 e. The maximum absolute atomic E-state index is 13.1. The van der Waals surface area contributed by atoms with Gasteiger partial charge in [-0.1, -0.05) is 17.7 Å². The molecule has 1 N–H and O–H groups in total. The van der Waals surface area contributed by atoms with Gasteiger partial charge in [0, 0.05) is 5.69 Å². The van der Waals surface area contributed by atoms with Crippen molar-refractivity contribution in [2.75, 3.05) is 11.9 Å². The highest BCUT2D eigenvalue weighted by molar-refractivity contribution is 6.32. The van der Waals surface area contributed by atoms with Gasteiger partial charge in [0.2, 0.25) is 0 Å². The molecule has 110 valence electrons. The first-order chi connectivity index (χ1) is 9.95. The molecule has 2 aromatic carbocycles. The van der Waals surface area contributed by atoms with Gasteiger partial charge < -0.3 is 10.1 Å². The molecule has 1 amide bonds. The normalized spacial score (nSPS) is 10.3. The molecule has 0 spiro atoms. The van der Waals surface area contributed by atoms with Crippen molar-refractivity contribution in [1.82, 2.24) is 0 Å². The molecule has 0 aliphatic carbocycles. The van der Waals surface area contributed by atoms with E-state index in [9.17, 15) is 13.6 Å². The van der Waals surface area contributed by atoms with Crippen LogP contribution in [-0.4, -0.2) is 12.5 Å². The van der Waals surface area contributed by atoms with Crippen LogP contribution in [0.25, 0.3) is 0 Å². The average molecular weight is 312 g/mol. The Kier molecular flexibility index (Phi) is 4.75. The summed E-state index contributed by atoms with van der Waals surface area (Å²) in [6.07, 6.45) is 0. The summed E-state index contributed by atoms with van der Waals surface area (Å²) in [5, 5.41) is 2.60. The van der Waals surface area contributed by atoms with E-state index in [1.54, 1.807) is 13.0 Å². The van der Waals surface area contributed by atoms with E-state index in [4.69, 9.17) is 16.3 Å². The summed E-state index contributed by atoms with van der Waals surface area (Å²) in [6.45, 7) is 1.42. The quantitative estimate of drug-likeness (QED) is 0.928. The van der Waals surface area contributed by atoms with Gasteiger partial charge in [0.05, 0.1) is 5.02 Å².